The Labute approximate surface area is 116 Å². The van der Waals surface area contributed by atoms with Crippen molar-refractivity contribution in [3.63, 3.8) is 0 Å². The zero-order valence-corrected chi connectivity index (χ0v) is 11.1. The summed E-state index contributed by atoms with van der Waals surface area (Å²) in [7, 11) is 0. The quantitative estimate of drug-likeness (QED) is 0.902. The molecule has 1 aliphatic heterocycles. The molecule has 0 aliphatic carbocycles. The Morgan fingerprint density at radius 3 is 2.50 bits per heavy atom. The summed E-state index contributed by atoms with van der Waals surface area (Å²) in [5, 5.41) is 3.37. The predicted molar refractivity (Wildman–Crippen MR) is 68.4 cm³/mol. The molecule has 1 fully saturated rings. The second-order valence-corrected chi connectivity index (χ2v) is 4.85. The lowest BCUT2D eigenvalue weighted by Crippen LogP contribution is -2.37. The fraction of sp³-hybridized carbons (Fsp3) is 0.571. The minimum absolute atomic E-state index is 0.213. The number of rotatable bonds is 5. The smallest absolute Gasteiger partial charge is 0.406 e. The molecule has 2 rings (SSSR count). The summed E-state index contributed by atoms with van der Waals surface area (Å²) in [5.74, 6) is -0.213. The van der Waals surface area contributed by atoms with Crippen LogP contribution < -0.4 is 10.1 Å². The average molecular weight is 289 g/mol. The molecule has 0 spiro atoms. The molecule has 1 saturated heterocycles. The average Bonchev–Trinajstić information content (AvgIpc) is 2.40. The number of alkyl halides is 3. The third-order valence-electron chi connectivity index (χ3n) is 3.16. The molecule has 20 heavy (non-hydrogen) atoms. The minimum atomic E-state index is -4.65. The molecule has 0 saturated carbocycles. The second kappa shape index (κ2) is 6.95. The van der Waals surface area contributed by atoms with E-state index < -0.39 is 6.36 Å². The summed E-state index contributed by atoms with van der Waals surface area (Å²) in [4.78, 5) is 0. The van der Waals surface area contributed by atoms with Crippen LogP contribution in [0, 0.1) is 0 Å². The Bertz CT molecular complexity index is 400. The van der Waals surface area contributed by atoms with Crippen LogP contribution >= 0.6 is 0 Å². The van der Waals surface area contributed by atoms with Crippen molar-refractivity contribution in [3.8, 4) is 5.75 Å². The highest BCUT2D eigenvalue weighted by Crippen LogP contribution is 2.22. The predicted octanol–water partition coefficient (Wildman–Crippen LogP) is 3.24. The number of piperidine rings is 1. The fourth-order valence-electron chi connectivity index (χ4n) is 2.17. The molecule has 1 heterocycles. The SMILES string of the molecule is FC(F)(F)Oc1ccc(COCC2CCCCN2)cc1. The van der Waals surface area contributed by atoms with Gasteiger partial charge in [-0.05, 0) is 37.1 Å². The molecule has 0 radical (unpaired) electrons. The summed E-state index contributed by atoms with van der Waals surface area (Å²) < 4.78 is 45.4. The van der Waals surface area contributed by atoms with Crippen molar-refractivity contribution in [2.45, 2.75) is 38.3 Å². The van der Waals surface area contributed by atoms with Crippen LogP contribution in [0.15, 0.2) is 24.3 Å². The van der Waals surface area contributed by atoms with Gasteiger partial charge in [-0.25, -0.2) is 0 Å². The molecule has 1 aliphatic rings. The van der Waals surface area contributed by atoms with Crippen LogP contribution in [0.25, 0.3) is 0 Å². The lowest BCUT2D eigenvalue weighted by molar-refractivity contribution is -0.274. The summed E-state index contributed by atoms with van der Waals surface area (Å²) in [6.07, 6.45) is -1.12. The number of ether oxygens (including phenoxy) is 2. The Morgan fingerprint density at radius 2 is 1.90 bits per heavy atom. The molecule has 0 amide bonds. The maximum atomic E-state index is 12.0. The largest absolute Gasteiger partial charge is 0.573 e. The van der Waals surface area contributed by atoms with Gasteiger partial charge in [0.15, 0.2) is 0 Å². The van der Waals surface area contributed by atoms with Gasteiger partial charge in [0.2, 0.25) is 0 Å². The van der Waals surface area contributed by atoms with E-state index >= 15 is 0 Å². The normalized spacial score (nSPS) is 19.9. The van der Waals surface area contributed by atoms with Crippen molar-refractivity contribution < 1.29 is 22.6 Å². The highest BCUT2D eigenvalue weighted by molar-refractivity contribution is 5.27. The fourth-order valence-corrected chi connectivity index (χ4v) is 2.17. The number of hydrogen-bond acceptors (Lipinski definition) is 3. The summed E-state index contributed by atoms with van der Waals surface area (Å²) >= 11 is 0. The van der Waals surface area contributed by atoms with Crippen molar-refractivity contribution in [2.24, 2.45) is 0 Å². The van der Waals surface area contributed by atoms with Crippen LogP contribution in [0.2, 0.25) is 0 Å². The van der Waals surface area contributed by atoms with E-state index in [1.807, 2.05) is 0 Å². The van der Waals surface area contributed by atoms with Crippen molar-refractivity contribution in [3.05, 3.63) is 29.8 Å². The van der Waals surface area contributed by atoms with Crippen molar-refractivity contribution >= 4 is 0 Å². The van der Waals surface area contributed by atoms with E-state index in [0.717, 1.165) is 18.5 Å². The van der Waals surface area contributed by atoms with Crippen LogP contribution in [-0.4, -0.2) is 25.6 Å². The van der Waals surface area contributed by atoms with E-state index in [0.29, 0.717) is 19.3 Å². The van der Waals surface area contributed by atoms with E-state index in [-0.39, 0.29) is 5.75 Å². The third kappa shape index (κ3) is 5.38. The summed E-state index contributed by atoms with van der Waals surface area (Å²) in [6, 6.07) is 6.14. The van der Waals surface area contributed by atoms with Crippen molar-refractivity contribution in [1.82, 2.24) is 5.32 Å². The van der Waals surface area contributed by atoms with E-state index in [1.54, 1.807) is 12.1 Å². The van der Waals surface area contributed by atoms with Gasteiger partial charge in [0, 0.05) is 6.04 Å². The van der Waals surface area contributed by atoms with Gasteiger partial charge in [-0.3, -0.25) is 0 Å². The molecular weight excluding hydrogens is 271 g/mol. The van der Waals surface area contributed by atoms with E-state index in [9.17, 15) is 13.2 Å². The van der Waals surface area contributed by atoms with E-state index in [1.165, 1.54) is 25.0 Å². The van der Waals surface area contributed by atoms with Gasteiger partial charge in [-0.15, -0.1) is 13.2 Å². The van der Waals surface area contributed by atoms with Gasteiger partial charge in [0.25, 0.3) is 0 Å². The summed E-state index contributed by atoms with van der Waals surface area (Å²) in [6.45, 7) is 2.04. The first-order chi connectivity index (χ1) is 9.53. The highest BCUT2D eigenvalue weighted by Gasteiger charge is 2.30. The minimum Gasteiger partial charge on any atom is -0.406 e. The first-order valence-corrected chi connectivity index (χ1v) is 6.69. The van der Waals surface area contributed by atoms with Gasteiger partial charge in [0.05, 0.1) is 13.2 Å². The second-order valence-electron chi connectivity index (χ2n) is 4.85. The van der Waals surface area contributed by atoms with E-state index in [4.69, 9.17) is 4.74 Å². The third-order valence-corrected chi connectivity index (χ3v) is 3.16. The Hall–Kier alpha value is -1.27. The number of hydrogen-bond donors (Lipinski definition) is 1. The molecule has 0 aromatic heterocycles. The van der Waals surface area contributed by atoms with Gasteiger partial charge in [-0.2, -0.15) is 0 Å². The monoisotopic (exact) mass is 289 g/mol. The topological polar surface area (TPSA) is 30.5 Å². The number of nitrogens with one attached hydrogen (secondary N) is 1. The van der Waals surface area contributed by atoms with Crippen molar-refractivity contribution in [1.29, 1.82) is 0 Å². The zero-order chi connectivity index (χ0) is 14.4. The van der Waals surface area contributed by atoms with Crippen LogP contribution in [-0.2, 0) is 11.3 Å². The molecule has 112 valence electrons. The summed E-state index contributed by atoms with van der Waals surface area (Å²) in [5.41, 5.74) is 0.829. The molecule has 1 atom stereocenters. The van der Waals surface area contributed by atoms with Gasteiger partial charge < -0.3 is 14.8 Å². The first kappa shape index (κ1) is 15.1. The lowest BCUT2D eigenvalue weighted by Gasteiger charge is -2.23. The molecule has 1 unspecified atom stereocenters. The Kier molecular flexibility index (Phi) is 5.25. The Morgan fingerprint density at radius 1 is 1.15 bits per heavy atom. The number of halogens is 3. The van der Waals surface area contributed by atoms with Crippen LogP contribution in [0.3, 0.4) is 0 Å². The van der Waals surface area contributed by atoms with E-state index in [2.05, 4.69) is 10.1 Å². The zero-order valence-electron chi connectivity index (χ0n) is 11.1. The molecule has 3 nitrogen and oxygen atoms in total. The first-order valence-electron chi connectivity index (χ1n) is 6.69. The molecule has 1 N–H and O–H groups in total. The highest BCUT2D eigenvalue weighted by atomic mass is 19.4. The molecule has 0 bridgehead atoms. The van der Waals surface area contributed by atoms with Gasteiger partial charge in [0.1, 0.15) is 5.75 Å². The maximum Gasteiger partial charge on any atom is 0.573 e. The molecule has 6 heteroatoms. The Balaban J connectivity index is 1.73. The standard InChI is InChI=1S/C14H18F3NO2/c15-14(16,17)20-13-6-4-11(5-7-13)9-19-10-12-3-1-2-8-18-12/h4-7,12,18H,1-3,8-10H2. The lowest BCUT2D eigenvalue weighted by atomic mass is 10.1. The van der Waals surface area contributed by atoms with Gasteiger partial charge >= 0.3 is 6.36 Å². The molecule has 1 aromatic carbocycles. The van der Waals surface area contributed by atoms with Crippen molar-refractivity contribution in [2.75, 3.05) is 13.2 Å². The van der Waals surface area contributed by atoms with Crippen LogP contribution in [0.5, 0.6) is 5.75 Å². The van der Waals surface area contributed by atoms with Crippen LogP contribution in [0.1, 0.15) is 24.8 Å². The molecule has 1 aromatic rings. The maximum absolute atomic E-state index is 12.0. The number of benzene rings is 1. The van der Waals surface area contributed by atoms with Gasteiger partial charge in [-0.1, -0.05) is 18.6 Å². The molecular formula is C14H18F3NO2. The van der Waals surface area contributed by atoms with Crippen LogP contribution in [0.4, 0.5) is 13.2 Å².